The minimum absolute atomic E-state index is 0.636. The molecule has 1 atom stereocenters. The van der Waals surface area contributed by atoms with Crippen LogP contribution in [0.4, 0.5) is 0 Å². The predicted molar refractivity (Wildman–Crippen MR) is 135 cm³/mol. The normalized spacial score (nSPS) is 19.6. The van der Waals surface area contributed by atoms with Gasteiger partial charge in [0, 0.05) is 0 Å². The Labute approximate surface area is 193 Å². The number of ether oxygens (including phenoxy) is 1. The van der Waals surface area contributed by atoms with Crippen molar-refractivity contribution in [2.45, 2.75) is 129 Å². The summed E-state index contributed by atoms with van der Waals surface area (Å²) in [4.78, 5) is 0. The van der Waals surface area contributed by atoms with E-state index in [9.17, 15) is 0 Å². The second-order valence-electron chi connectivity index (χ2n) is 10.5. The summed E-state index contributed by atoms with van der Waals surface area (Å²) in [7, 11) is 0. The Balaban J connectivity index is 1.69. The molecule has 1 saturated carbocycles. The molecule has 1 nitrogen and oxygen atoms in total. The summed E-state index contributed by atoms with van der Waals surface area (Å²) in [5, 5.41) is 0. The zero-order valence-corrected chi connectivity index (χ0v) is 20.6. The van der Waals surface area contributed by atoms with Crippen molar-refractivity contribution in [1.82, 2.24) is 0 Å². The van der Waals surface area contributed by atoms with Gasteiger partial charge in [-0.15, -0.1) is 0 Å². The van der Waals surface area contributed by atoms with Crippen LogP contribution in [0.5, 0.6) is 5.75 Å². The van der Waals surface area contributed by atoms with Gasteiger partial charge in [0.15, 0.2) is 0 Å². The first-order valence-corrected chi connectivity index (χ1v) is 13.7. The lowest BCUT2D eigenvalue weighted by Gasteiger charge is -2.39. The van der Waals surface area contributed by atoms with Gasteiger partial charge >= 0.3 is 0 Å². The van der Waals surface area contributed by atoms with Crippen LogP contribution in [0.25, 0.3) is 0 Å². The minimum atomic E-state index is 0.636. The summed E-state index contributed by atoms with van der Waals surface area (Å²) < 4.78 is 5.85. The minimum Gasteiger partial charge on any atom is -0.494 e. The van der Waals surface area contributed by atoms with Crippen LogP contribution in [0.2, 0.25) is 0 Å². The first kappa shape index (κ1) is 24.4. The van der Waals surface area contributed by atoms with Crippen LogP contribution >= 0.6 is 0 Å². The van der Waals surface area contributed by atoms with E-state index >= 15 is 0 Å². The van der Waals surface area contributed by atoms with E-state index in [1.54, 1.807) is 5.57 Å². The zero-order chi connectivity index (χ0) is 21.8. The Morgan fingerprint density at radius 2 is 1.68 bits per heavy atom. The molecule has 0 heterocycles. The van der Waals surface area contributed by atoms with E-state index in [4.69, 9.17) is 4.74 Å². The van der Waals surface area contributed by atoms with Gasteiger partial charge in [0.25, 0.3) is 0 Å². The van der Waals surface area contributed by atoms with Crippen LogP contribution in [0, 0.1) is 5.41 Å². The van der Waals surface area contributed by atoms with Crippen molar-refractivity contribution in [2.75, 3.05) is 6.61 Å². The molecule has 2 aliphatic rings. The van der Waals surface area contributed by atoms with Crippen molar-refractivity contribution in [3.8, 4) is 5.75 Å². The molecule has 0 saturated heterocycles. The Morgan fingerprint density at radius 1 is 0.871 bits per heavy atom. The summed E-state index contributed by atoms with van der Waals surface area (Å²) >= 11 is 0. The molecule has 0 bridgehead atoms. The van der Waals surface area contributed by atoms with Crippen molar-refractivity contribution in [2.24, 2.45) is 5.41 Å². The smallest absolute Gasteiger partial charge is 0.119 e. The summed E-state index contributed by atoms with van der Waals surface area (Å²) in [6, 6.07) is 9.16. The van der Waals surface area contributed by atoms with Gasteiger partial charge in [0.2, 0.25) is 0 Å². The first-order chi connectivity index (χ1) is 15.2. The molecule has 2 aliphatic carbocycles. The van der Waals surface area contributed by atoms with E-state index in [0.29, 0.717) is 11.3 Å². The molecular formula is C30H48O. The zero-order valence-electron chi connectivity index (χ0n) is 20.6. The molecule has 0 aliphatic heterocycles. The summed E-state index contributed by atoms with van der Waals surface area (Å²) in [5.74, 6) is 1.71. The lowest BCUT2D eigenvalue weighted by Crippen LogP contribution is -2.25. The fraction of sp³-hybridized carbons (Fsp3) is 0.733. The van der Waals surface area contributed by atoms with Gasteiger partial charge in [0.05, 0.1) is 6.61 Å². The Morgan fingerprint density at radius 3 is 2.35 bits per heavy atom. The second kappa shape index (κ2) is 13.3. The van der Waals surface area contributed by atoms with Crippen LogP contribution in [0.1, 0.15) is 134 Å². The van der Waals surface area contributed by atoms with Gasteiger partial charge in [-0.2, -0.15) is 0 Å². The number of benzene rings is 1. The fourth-order valence-electron chi connectivity index (χ4n) is 6.01. The quantitative estimate of drug-likeness (QED) is 0.226. The predicted octanol–water partition coefficient (Wildman–Crippen LogP) is 9.76. The Bertz CT molecular complexity index is 635. The monoisotopic (exact) mass is 424 g/mol. The van der Waals surface area contributed by atoms with Crippen LogP contribution in [-0.2, 0) is 0 Å². The lowest BCUT2D eigenvalue weighted by atomic mass is 9.66. The molecule has 1 aromatic carbocycles. The van der Waals surface area contributed by atoms with Crippen LogP contribution < -0.4 is 4.74 Å². The van der Waals surface area contributed by atoms with E-state index in [1.165, 1.54) is 108 Å². The highest BCUT2D eigenvalue weighted by atomic mass is 16.5. The van der Waals surface area contributed by atoms with Crippen LogP contribution in [0.15, 0.2) is 35.9 Å². The largest absolute Gasteiger partial charge is 0.494 e. The molecule has 3 rings (SSSR count). The number of hydrogen-bond donors (Lipinski definition) is 0. The van der Waals surface area contributed by atoms with Gasteiger partial charge in [-0.05, 0) is 99.7 Å². The van der Waals surface area contributed by atoms with Crippen molar-refractivity contribution in [3.63, 3.8) is 0 Å². The van der Waals surface area contributed by atoms with Gasteiger partial charge in [-0.3, -0.25) is 0 Å². The number of hydrogen-bond acceptors (Lipinski definition) is 1. The SMILES string of the molecule is CCCCCC1(CCC(CC2=CCCCC2)c2ccc(OCCC)cc2)CCCCC1. The molecule has 1 heteroatoms. The molecule has 1 unspecified atom stereocenters. The highest BCUT2D eigenvalue weighted by molar-refractivity contribution is 5.30. The van der Waals surface area contributed by atoms with Crippen LogP contribution in [0.3, 0.4) is 0 Å². The van der Waals surface area contributed by atoms with Gasteiger partial charge in [0.1, 0.15) is 5.75 Å². The van der Waals surface area contributed by atoms with Crippen molar-refractivity contribution in [3.05, 3.63) is 41.5 Å². The molecule has 0 spiro atoms. The van der Waals surface area contributed by atoms with E-state index in [2.05, 4.69) is 44.2 Å². The average molecular weight is 425 g/mol. The van der Waals surface area contributed by atoms with Crippen LogP contribution in [-0.4, -0.2) is 6.61 Å². The highest BCUT2D eigenvalue weighted by Gasteiger charge is 2.32. The Kier molecular flexibility index (Phi) is 10.5. The molecule has 0 aromatic heterocycles. The molecule has 174 valence electrons. The average Bonchev–Trinajstić information content (AvgIpc) is 2.82. The topological polar surface area (TPSA) is 9.23 Å². The third kappa shape index (κ3) is 7.99. The second-order valence-corrected chi connectivity index (χ2v) is 10.5. The highest BCUT2D eigenvalue weighted by Crippen LogP contribution is 2.47. The number of unbranched alkanes of at least 4 members (excludes halogenated alkanes) is 2. The fourth-order valence-corrected chi connectivity index (χ4v) is 6.01. The first-order valence-electron chi connectivity index (χ1n) is 13.7. The maximum absolute atomic E-state index is 5.85. The molecule has 1 fully saturated rings. The van der Waals surface area contributed by atoms with Gasteiger partial charge in [-0.1, -0.05) is 76.2 Å². The lowest BCUT2D eigenvalue weighted by molar-refractivity contribution is 0.144. The van der Waals surface area contributed by atoms with E-state index in [0.717, 1.165) is 18.8 Å². The molecule has 1 aromatic rings. The van der Waals surface area contributed by atoms with E-state index < -0.39 is 0 Å². The van der Waals surface area contributed by atoms with Crippen molar-refractivity contribution < 1.29 is 4.74 Å². The molecule has 0 N–H and O–H groups in total. The third-order valence-corrected chi connectivity index (χ3v) is 7.97. The number of rotatable bonds is 13. The standard InChI is InChI=1S/C30H48O/c1-3-5-10-20-30(21-11-7-12-22-30)23-19-28(25-26-13-8-6-9-14-26)27-15-17-29(18-16-27)31-24-4-2/h13,15-18,28H,3-12,14,19-25H2,1-2H3. The maximum atomic E-state index is 5.85. The van der Waals surface area contributed by atoms with Crippen molar-refractivity contribution >= 4 is 0 Å². The molecule has 31 heavy (non-hydrogen) atoms. The van der Waals surface area contributed by atoms with E-state index in [1.807, 2.05) is 0 Å². The molecular weight excluding hydrogens is 376 g/mol. The third-order valence-electron chi connectivity index (χ3n) is 7.97. The summed E-state index contributed by atoms with van der Waals surface area (Å²) in [5.41, 5.74) is 3.90. The van der Waals surface area contributed by atoms with E-state index in [-0.39, 0.29) is 0 Å². The Hall–Kier alpha value is -1.24. The number of allylic oxidation sites excluding steroid dienone is 2. The maximum Gasteiger partial charge on any atom is 0.119 e. The summed E-state index contributed by atoms with van der Waals surface area (Å²) in [6.07, 6.45) is 26.1. The molecule has 0 amide bonds. The summed E-state index contributed by atoms with van der Waals surface area (Å²) in [6.45, 7) is 5.33. The molecule has 0 radical (unpaired) electrons. The van der Waals surface area contributed by atoms with Crippen molar-refractivity contribution in [1.29, 1.82) is 0 Å². The van der Waals surface area contributed by atoms with Gasteiger partial charge < -0.3 is 4.74 Å². The van der Waals surface area contributed by atoms with Gasteiger partial charge in [-0.25, -0.2) is 0 Å².